The van der Waals surface area contributed by atoms with Crippen molar-refractivity contribution in [3.05, 3.63) is 64.7 Å². The molecule has 2 aromatic carbocycles. The fourth-order valence-corrected chi connectivity index (χ4v) is 2.39. The van der Waals surface area contributed by atoms with E-state index in [2.05, 4.69) is 15.0 Å². The third-order valence-corrected chi connectivity index (χ3v) is 3.48. The van der Waals surface area contributed by atoms with Crippen LogP contribution in [0.2, 0.25) is 0 Å². The highest BCUT2D eigenvalue weighted by Crippen LogP contribution is 2.22. The molecule has 0 bridgehead atoms. The van der Waals surface area contributed by atoms with E-state index in [1.54, 1.807) is 6.34 Å². The number of amidine groups is 2. The number of rotatable bonds is 2. The Hall–Kier alpha value is -2.75. The van der Waals surface area contributed by atoms with E-state index >= 15 is 0 Å². The molecule has 0 radical (unpaired) electrons. The van der Waals surface area contributed by atoms with Crippen LogP contribution >= 0.6 is 0 Å². The molecule has 2 aromatic rings. The van der Waals surface area contributed by atoms with E-state index in [1.807, 2.05) is 56.3 Å². The van der Waals surface area contributed by atoms with Gasteiger partial charge >= 0.3 is 0 Å². The largest absolute Gasteiger partial charge is 0.383 e. The van der Waals surface area contributed by atoms with Crippen LogP contribution < -0.4 is 5.73 Å². The number of nitrogens with two attached hydrogens (primary N) is 1. The van der Waals surface area contributed by atoms with Gasteiger partial charge in [0.1, 0.15) is 12.2 Å². The average molecular weight is 276 g/mol. The second-order valence-corrected chi connectivity index (χ2v) is 4.98. The lowest BCUT2D eigenvalue weighted by Gasteiger charge is -2.02. The quantitative estimate of drug-likeness (QED) is 0.664. The van der Waals surface area contributed by atoms with Gasteiger partial charge < -0.3 is 5.73 Å². The van der Waals surface area contributed by atoms with E-state index in [4.69, 9.17) is 5.73 Å². The van der Waals surface area contributed by atoms with Crippen molar-refractivity contribution in [1.82, 2.24) is 0 Å². The zero-order chi connectivity index (χ0) is 14.8. The highest BCUT2D eigenvalue weighted by molar-refractivity contribution is 6.22. The van der Waals surface area contributed by atoms with Gasteiger partial charge in [0, 0.05) is 11.1 Å². The fourth-order valence-electron chi connectivity index (χ4n) is 2.39. The summed E-state index contributed by atoms with van der Waals surface area (Å²) in [6, 6.07) is 13.9. The van der Waals surface area contributed by atoms with Gasteiger partial charge in [-0.05, 0) is 25.0 Å². The van der Waals surface area contributed by atoms with E-state index in [9.17, 15) is 0 Å². The van der Waals surface area contributed by atoms with Crippen molar-refractivity contribution in [2.45, 2.75) is 13.8 Å². The molecule has 1 heterocycles. The molecule has 21 heavy (non-hydrogen) atoms. The first-order valence-corrected chi connectivity index (χ1v) is 6.77. The van der Waals surface area contributed by atoms with Crippen LogP contribution in [0.3, 0.4) is 0 Å². The van der Waals surface area contributed by atoms with Crippen LogP contribution in [0.25, 0.3) is 0 Å². The van der Waals surface area contributed by atoms with E-state index in [0.29, 0.717) is 11.7 Å². The molecular formula is C17H16N4. The van der Waals surface area contributed by atoms with Crippen molar-refractivity contribution < 1.29 is 0 Å². The second-order valence-electron chi connectivity index (χ2n) is 4.98. The summed E-state index contributed by atoms with van der Waals surface area (Å²) in [6.07, 6.45) is 1.55. The summed E-state index contributed by atoms with van der Waals surface area (Å²) >= 11 is 0. The van der Waals surface area contributed by atoms with Gasteiger partial charge in [0.2, 0.25) is 0 Å². The first-order valence-electron chi connectivity index (χ1n) is 6.77. The lowest BCUT2D eigenvalue weighted by atomic mass is 10.1. The number of benzene rings is 2. The molecule has 104 valence electrons. The zero-order valence-corrected chi connectivity index (χ0v) is 12.0. The number of hydrogen-bond acceptors (Lipinski definition) is 2. The van der Waals surface area contributed by atoms with Crippen LogP contribution in [0.1, 0.15) is 22.3 Å². The van der Waals surface area contributed by atoms with Gasteiger partial charge in [0.15, 0.2) is 5.84 Å². The van der Waals surface area contributed by atoms with Crippen molar-refractivity contribution in [2.75, 3.05) is 0 Å². The Kier molecular flexibility index (Phi) is 3.36. The van der Waals surface area contributed by atoms with Gasteiger partial charge in [-0.25, -0.2) is 15.0 Å². The van der Waals surface area contributed by atoms with Gasteiger partial charge in [-0.3, -0.25) is 0 Å². The van der Waals surface area contributed by atoms with E-state index < -0.39 is 0 Å². The van der Waals surface area contributed by atoms with E-state index in [0.717, 1.165) is 27.9 Å². The number of fused-ring (bicyclic) bond motifs is 1. The van der Waals surface area contributed by atoms with Crippen molar-refractivity contribution >= 4 is 23.7 Å². The molecule has 0 saturated carbocycles. The molecule has 3 rings (SSSR count). The minimum Gasteiger partial charge on any atom is -0.383 e. The molecule has 0 aliphatic carbocycles. The summed E-state index contributed by atoms with van der Waals surface area (Å²) in [7, 11) is 0. The lowest BCUT2D eigenvalue weighted by molar-refractivity contribution is 1.33. The van der Waals surface area contributed by atoms with E-state index in [-0.39, 0.29) is 0 Å². The van der Waals surface area contributed by atoms with Gasteiger partial charge in [-0.2, -0.15) is 0 Å². The van der Waals surface area contributed by atoms with E-state index in [1.165, 1.54) is 0 Å². The van der Waals surface area contributed by atoms with Crippen LogP contribution in [-0.2, 0) is 0 Å². The highest BCUT2D eigenvalue weighted by Gasteiger charge is 2.17. The summed E-state index contributed by atoms with van der Waals surface area (Å²) in [6.45, 7) is 4.07. The van der Waals surface area contributed by atoms with Crippen LogP contribution in [0.4, 0.5) is 5.69 Å². The topological polar surface area (TPSA) is 63.1 Å². The van der Waals surface area contributed by atoms with Crippen molar-refractivity contribution in [2.24, 2.45) is 20.7 Å². The third-order valence-electron chi connectivity index (χ3n) is 3.48. The van der Waals surface area contributed by atoms with Crippen LogP contribution in [0.5, 0.6) is 0 Å². The summed E-state index contributed by atoms with van der Waals surface area (Å²) in [5.41, 5.74) is 11.0. The predicted molar refractivity (Wildman–Crippen MR) is 87.8 cm³/mol. The van der Waals surface area contributed by atoms with Crippen molar-refractivity contribution in [3.8, 4) is 0 Å². The molecule has 2 N–H and O–H groups in total. The van der Waals surface area contributed by atoms with Gasteiger partial charge in [0.05, 0.1) is 5.69 Å². The Morgan fingerprint density at radius 1 is 0.952 bits per heavy atom. The first kappa shape index (κ1) is 13.2. The Morgan fingerprint density at radius 3 is 2.33 bits per heavy atom. The first-order chi connectivity index (χ1) is 10.2. The number of para-hydroxylation sites is 1. The maximum Gasteiger partial charge on any atom is 0.164 e. The molecular weight excluding hydrogens is 260 g/mol. The SMILES string of the molecule is Cc1cccc(C)c1N=CN=C1N=C(N)c2ccccc21. The van der Waals surface area contributed by atoms with Crippen molar-refractivity contribution in [3.63, 3.8) is 0 Å². The molecule has 0 saturated heterocycles. The maximum absolute atomic E-state index is 5.89. The summed E-state index contributed by atoms with van der Waals surface area (Å²) in [5, 5.41) is 0. The molecule has 0 spiro atoms. The lowest BCUT2D eigenvalue weighted by Crippen LogP contribution is -2.09. The smallest absolute Gasteiger partial charge is 0.164 e. The monoisotopic (exact) mass is 276 g/mol. The molecule has 0 aromatic heterocycles. The minimum absolute atomic E-state index is 0.504. The molecule has 1 aliphatic heterocycles. The Morgan fingerprint density at radius 2 is 1.62 bits per heavy atom. The standard InChI is InChI=1S/C17H16N4/c1-11-6-5-7-12(2)15(11)19-10-20-17-14-9-4-3-8-13(14)16(18)21-17/h3-10H,1-2H3,(H2,18,19,20,21). The van der Waals surface area contributed by atoms with Crippen molar-refractivity contribution in [1.29, 1.82) is 0 Å². The normalized spacial score (nSPS) is 15.5. The molecule has 4 heteroatoms. The number of nitrogens with zero attached hydrogens (tertiary/aromatic N) is 3. The molecule has 4 nitrogen and oxygen atoms in total. The zero-order valence-electron chi connectivity index (χ0n) is 12.0. The predicted octanol–water partition coefficient (Wildman–Crippen LogP) is 3.13. The van der Waals surface area contributed by atoms with Crippen LogP contribution in [-0.4, -0.2) is 18.0 Å². The minimum atomic E-state index is 0.504. The molecule has 0 atom stereocenters. The Labute approximate surface area is 123 Å². The van der Waals surface area contributed by atoms with Crippen LogP contribution in [0.15, 0.2) is 57.4 Å². The molecule has 1 aliphatic rings. The third kappa shape index (κ3) is 2.48. The highest BCUT2D eigenvalue weighted by atomic mass is 15.0. The fraction of sp³-hybridized carbons (Fsp3) is 0.118. The average Bonchev–Trinajstić information content (AvgIpc) is 2.79. The van der Waals surface area contributed by atoms with Crippen LogP contribution in [0, 0.1) is 13.8 Å². The van der Waals surface area contributed by atoms with Gasteiger partial charge in [-0.15, -0.1) is 0 Å². The number of hydrogen-bond donors (Lipinski definition) is 1. The summed E-state index contributed by atoms with van der Waals surface area (Å²) in [5.74, 6) is 1.11. The van der Waals surface area contributed by atoms with Gasteiger partial charge in [0.25, 0.3) is 0 Å². The Balaban J connectivity index is 1.93. The van der Waals surface area contributed by atoms with Gasteiger partial charge in [-0.1, -0.05) is 42.5 Å². The molecule has 0 amide bonds. The second kappa shape index (κ2) is 5.32. The molecule has 0 unspecified atom stereocenters. The Bertz CT molecular complexity index is 765. The number of aryl methyl sites for hydroxylation is 2. The summed E-state index contributed by atoms with van der Waals surface area (Å²) < 4.78 is 0. The summed E-state index contributed by atoms with van der Waals surface area (Å²) in [4.78, 5) is 13.1. The molecule has 0 fully saturated rings. The maximum atomic E-state index is 5.89. The number of aliphatic imine (C=N–C) groups is 3.